The van der Waals surface area contributed by atoms with Crippen LogP contribution >= 0.6 is 0 Å². The van der Waals surface area contributed by atoms with Crippen LogP contribution in [0.4, 0.5) is 11.4 Å². The highest BCUT2D eigenvalue weighted by atomic mass is 16.5. The first-order chi connectivity index (χ1) is 13.2. The standard InChI is InChI=1S/C23H18N2O2/c1-18(17-26-21-11-7-4-8-12-21)23(25-20-9-5-3-6-10-20)27-22-15-13-19(24-2)14-16-22/h3-17H,1H3/b18-17+,25-23?. The van der Waals surface area contributed by atoms with Gasteiger partial charge in [-0.1, -0.05) is 48.5 Å². The van der Waals surface area contributed by atoms with Gasteiger partial charge in [-0.3, -0.25) is 0 Å². The van der Waals surface area contributed by atoms with Gasteiger partial charge < -0.3 is 9.47 Å². The van der Waals surface area contributed by atoms with Crippen molar-refractivity contribution in [1.29, 1.82) is 0 Å². The topological polar surface area (TPSA) is 35.2 Å². The number of rotatable bonds is 5. The van der Waals surface area contributed by atoms with E-state index in [0.717, 1.165) is 17.0 Å². The molecule has 0 saturated heterocycles. The molecule has 4 heteroatoms. The van der Waals surface area contributed by atoms with Crippen molar-refractivity contribution < 1.29 is 9.47 Å². The van der Waals surface area contributed by atoms with Gasteiger partial charge in [-0.25, -0.2) is 9.84 Å². The number of hydrogen-bond donors (Lipinski definition) is 0. The van der Waals surface area contributed by atoms with Crippen molar-refractivity contribution in [2.45, 2.75) is 6.92 Å². The van der Waals surface area contributed by atoms with E-state index >= 15 is 0 Å². The van der Waals surface area contributed by atoms with E-state index in [-0.39, 0.29) is 0 Å². The number of para-hydroxylation sites is 2. The van der Waals surface area contributed by atoms with E-state index in [0.29, 0.717) is 17.3 Å². The quantitative estimate of drug-likeness (QED) is 0.232. The van der Waals surface area contributed by atoms with E-state index in [1.807, 2.05) is 67.6 Å². The van der Waals surface area contributed by atoms with Crippen molar-refractivity contribution in [2.24, 2.45) is 4.99 Å². The number of aliphatic imine (C=N–C) groups is 1. The lowest BCUT2D eigenvalue weighted by Crippen LogP contribution is -2.10. The Kier molecular flexibility index (Phi) is 6.00. The molecule has 0 radical (unpaired) electrons. The molecule has 0 saturated carbocycles. The Morgan fingerprint density at radius 1 is 0.852 bits per heavy atom. The molecule has 4 nitrogen and oxygen atoms in total. The molecule has 132 valence electrons. The monoisotopic (exact) mass is 354 g/mol. The van der Waals surface area contributed by atoms with Crippen molar-refractivity contribution in [3.63, 3.8) is 0 Å². The Labute approximate surface area is 158 Å². The average molecular weight is 354 g/mol. The van der Waals surface area contributed by atoms with Gasteiger partial charge in [-0.2, -0.15) is 0 Å². The van der Waals surface area contributed by atoms with Crippen molar-refractivity contribution in [1.82, 2.24) is 0 Å². The summed E-state index contributed by atoms with van der Waals surface area (Å²) in [5.41, 5.74) is 2.07. The highest BCUT2D eigenvalue weighted by molar-refractivity contribution is 5.96. The van der Waals surface area contributed by atoms with Crippen molar-refractivity contribution in [3.8, 4) is 11.5 Å². The van der Waals surface area contributed by atoms with Gasteiger partial charge in [0.15, 0.2) is 5.69 Å². The SMILES string of the molecule is [C-]#[N+]c1ccc(OC(=Nc2ccccc2)/C(C)=C/Oc2ccccc2)cc1. The second kappa shape index (κ2) is 9.02. The molecule has 3 aromatic carbocycles. The normalized spacial score (nSPS) is 11.6. The molecule has 3 rings (SSSR count). The van der Waals surface area contributed by atoms with Crippen molar-refractivity contribution in [2.75, 3.05) is 0 Å². The minimum atomic E-state index is 0.424. The van der Waals surface area contributed by atoms with Crippen LogP contribution in [0.15, 0.2) is 102 Å². The molecule has 0 fully saturated rings. The summed E-state index contributed by atoms with van der Waals surface area (Å²) in [6.45, 7) is 8.92. The molecule has 0 aliphatic heterocycles. The fraction of sp³-hybridized carbons (Fsp3) is 0.0435. The molecule has 0 bridgehead atoms. The predicted octanol–water partition coefficient (Wildman–Crippen LogP) is 6.33. The fourth-order valence-corrected chi connectivity index (χ4v) is 2.22. The fourth-order valence-electron chi connectivity index (χ4n) is 2.22. The van der Waals surface area contributed by atoms with Gasteiger partial charge in [0.2, 0.25) is 5.90 Å². The van der Waals surface area contributed by atoms with Crippen LogP contribution in [-0.4, -0.2) is 5.90 Å². The maximum Gasteiger partial charge on any atom is 0.225 e. The van der Waals surface area contributed by atoms with Crippen LogP contribution in [0.5, 0.6) is 11.5 Å². The lowest BCUT2D eigenvalue weighted by atomic mass is 10.3. The summed E-state index contributed by atoms with van der Waals surface area (Å²) in [5, 5.41) is 0. The van der Waals surface area contributed by atoms with Gasteiger partial charge in [0.05, 0.1) is 18.5 Å². The molecule has 0 aliphatic carbocycles. The van der Waals surface area contributed by atoms with Gasteiger partial charge in [-0.05, 0) is 43.3 Å². The van der Waals surface area contributed by atoms with Crippen molar-refractivity contribution >= 4 is 17.3 Å². The second-order valence-electron chi connectivity index (χ2n) is 5.69. The molecule has 0 aliphatic rings. The summed E-state index contributed by atoms with van der Waals surface area (Å²) >= 11 is 0. The van der Waals surface area contributed by atoms with E-state index < -0.39 is 0 Å². The zero-order valence-electron chi connectivity index (χ0n) is 14.9. The van der Waals surface area contributed by atoms with Gasteiger partial charge in [0, 0.05) is 5.57 Å². The first kappa shape index (κ1) is 18.0. The molecule has 0 unspecified atom stereocenters. The molecule has 0 amide bonds. The van der Waals surface area contributed by atoms with E-state index in [1.54, 1.807) is 30.5 Å². The zero-order chi connectivity index (χ0) is 18.9. The maximum atomic E-state index is 7.04. The van der Waals surface area contributed by atoms with Crippen LogP contribution in [0.1, 0.15) is 6.92 Å². The minimum Gasteiger partial charge on any atom is -0.465 e. The van der Waals surface area contributed by atoms with E-state index in [2.05, 4.69) is 9.84 Å². The third-order valence-corrected chi connectivity index (χ3v) is 3.62. The molecule has 3 aromatic rings. The molecule has 27 heavy (non-hydrogen) atoms. The summed E-state index contributed by atoms with van der Waals surface area (Å²) in [5.74, 6) is 1.76. The zero-order valence-corrected chi connectivity index (χ0v) is 14.9. The maximum absolute atomic E-state index is 7.04. The van der Waals surface area contributed by atoms with Crippen LogP contribution < -0.4 is 9.47 Å². The number of ether oxygens (including phenoxy) is 2. The van der Waals surface area contributed by atoms with E-state index in [4.69, 9.17) is 16.0 Å². The minimum absolute atomic E-state index is 0.424. The Balaban J connectivity index is 1.86. The summed E-state index contributed by atoms with van der Waals surface area (Å²) in [7, 11) is 0. The Bertz CT molecular complexity index is 970. The van der Waals surface area contributed by atoms with Crippen LogP contribution in [0, 0.1) is 6.57 Å². The Morgan fingerprint density at radius 2 is 1.48 bits per heavy atom. The van der Waals surface area contributed by atoms with Gasteiger partial charge in [0.25, 0.3) is 0 Å². The second-order valence-corrected chi connectivity index (χ2v) is 5.69. The smallest absolute Gasteiger partial charge is 0.225 e. The summed E-state index contributed by atoms with van der Waals surface area (Å²) < 4.78 is 11.7. The number of nitrogens with zero attached hydrogens (tertiary/aromatic N) is 2. The number of hydrogen-bond acceptors (Lipinski definition) is 3. The van der Waals surface area contributed by atoms with E-state index in [9.17, 15) is 0 Å². The summed E-state index contributed by atoms with van der Waals surface area (Å²) in [4.78, 5) is 7.98. The van der Waals surface area contributed by atoms with Gasteiger partial charge in [0.1, 0.15) is 11.5 Å². The van der Waals surface area contributed by atoms with Gasteiger partial charge in [-0.15, -0.1) is 0 Å². The van der Waals surface area contributed by atoms with Crippen LogP contribution in [0.25, 0.3) is 4.85 Å². The third kappa shape index (κ3) is 5.32. The molecular weight excluding hydrogens is 336 g/mol. The third-order valence-electron chi connectivity index (χ3n) is 3.62. The predicted molar refractivity (Wildman–Crippen MR) is 108 cm³/mol. The Morgan fingerprint density at radius 3 is 2.11 bits per heavy atom. The molecule has 0 N–H and O–H groups in total. The highest BCUT2D eigenvalue weighted by Gasteiger charge is 2.08. The largest absolute Gasteiger partial charge is 0.465 e. The van der Waals surface area contributed by atoms with Crippen LogP contribution in [-0.2, 0) is 0 Å². The lowest BCUT2D eigenvalue weighted by Gasteiger charge is -2.10. The average Bonchev–Trinajstić information content (AvgIpc) is 2.73. The lowest BCUT2D eigenvalue weighted by molar-refractivity contribution is 0.473. The first-order valence-corrected chi connectivity index (χ1v) is 8.42. The van der Waals surface area contributed by atoms with Crippen LogP contribution in [0.2, 0.25) is 0 Å². The molecular formula is C23H18N2O2. The van der Waals surface area contributed by atoms with E-state index in [1.165, 1.54) is 0 Å². The number of benzene rings is 3. The molecule has 0 atom stereocenters. The van der Waals surface area contributed by atoms with Gasteiger partial charge >= 0.3 is 0 Å². The summed E-state index contributed by atoms with van der Waals surface area (Å²) in [6.07, 6.45) is 1.62. The molecule has 0 aromatic heterocycles. The Hall–Kier alpha value is -3.84. The molecule has 0 heterocycles. The highest BCUT2D eigenvalue weighted by Crippen LogP contribution is 2.21. The first-order valence-electron chi connectivity index (χ1n) is 8.42. The van der Waals surface area contributed by atoms with Crippen LogP contribution in [0.3, 0.4) is 0 Å². The van der Waals surface area contributed by atoms with Crippen molar-refractivity contribution in [3.05, 3.63) is 108 Å². The summed E-state index contributed by atoms with van der Waals surface area (Å²) in [6, 6.07) is 26.0. The molecule has 0 spiro atoms.